The number of anilines is 1. The van der Waals surface area contributed by atoms with Crippen LogP contribution in [0.2, 0.25) is 5.02 Å². The number of ether oxygens (including phenoxy) is 1. The smallest absolute Gasteiger partial charge is 0.325 e. The first-order valence-electron chi connectivity index (χ1n) is 4.58. The van der Waals surface area contributed by atoms with Crippen molar-refractivity contribution >= 4 is 23.3 Å². The molecule has 0 atom stereocenters. The van der Waals surface area contributed by atoms with Gasteiger partial charge < -0.3 is 9.64 Å². The summed E-state index contributed by atoms with van der Waals surface area (Å²) in [5.74, 6) is -0.258. The van der Waals surface area contributed by atoms with E-state index in [1.54, 1.807) is 6.07 Å². The highest BCUT2D eigenvalue weighted by molar-refractivity contribution is 6.30. The molecule has 4 heteroatoms. The van der Waals surface area contributed by atoms with Crippen LogP contribution in [0, 0.1) is 6.92 Å². The van der Waals surface area contributed by atoms with E-state index in [4.69, 9.17) is 11.6 Å². The number of methoxy groups -OCH3 is 1. The fourth-order valence-electron chi connectivity index (χ4n) is 1.39. The van der Waals surface area contributed by atoms with Crippen molar-refractivity contribution in [3.05, 3.63) is 28.8 Å². The van der Waals surface area contributed by atoms with Crippen molar-refractivity contribution in [1.29, 1.82) is 0 Å². The number of likely N-dealkylation sites (N-methyl/N-ethyl adjacent to an activating group) is 1. The topological polar surface area (TPSA) is 29.5 Å². The molecule has 0 N–H and O–H groups in total. The predicted molar refractivity (Wildman–Crippen MR) is 61.5 cm³/mol. The molecule has 0 saturated heterocycles. The number of halogens is 1. The largest absolute Gasteiger partial charge is 0.468 e. The van der Waals surface area contributed by atoms with Gasteiger partial charge in [0.05, 0.1) is 7.11 Å². The van der Waals surface area contributed by atoms with E-state index >= 15 is 0 Å². The van der Waals surface area contributed by atoms with Gasteiger partial charge in [0.25, 0.3) is 0 Å². The maximum atomic E-state index is 11.1. The summed E-state index contributed by atoms with van der Waals surface area (Å²) in [5, 5.41) is 0.697. The Hall–Kier alpha value is -1.22. The highest BCUT2D eigenvalue weighted by Gasteiger charge is 2.09. The molecule has 0 heterocycles. The fraction of sp³-hybridized carbons (Fsp3) is 0.364. The van der Waals surface area contributed by atoms with Crippen molar-refractivity contribution in [3.8, 4) is 0 Å². The third-order valence-corrected chi connectivity index (χ3v) is 2.40. The van der Waals surface area contributed by atoms with Crippen molar-refractivity contribution in [2.45, 2.75) is 6.92 Å². The summed E-state index contributed by atoms with van der Waals surface area (Å²) >= 11 is 5.84. The molecule has 0 aliphatic carbocycles. The van der Waals surface area contributed by atoms with Crippen LogP contribution in [0.25, 0.3) is 0 Å². The summed E-state index contributed by atoms with van der Waals surface area (Å²) in [6, 6.07) is 5.56. The molecule has 0 spiro atoms. The number of aryl methyl sites for hydroxylation is 1. The second-order valence-corrected chi connectivity index (χ2v) is 3.80. The second-order valence-electron chi connectivity index (χ2n) is 3.36. The molecule has 1 aromatic carbocycles. The molecule has 0 saturated carbocycles. The minimum absolute atomic E-state index is 0.235. The number of nitrogens with zero attached hydrogens (tertiary/aromatic N) is 1. The zero-order valence-corrected chi connectivity index (χ0v) is 9.84. The second kappa shape index (κ2) is 5.03. The molecule has 82 valence electrons. The number of esters is 1. The van der Waals surface area contributed by atoms with Gasteiger partial charge in [-0.1, -0.05) is 11.6 Å². The van der Waals surface area contributed by atoms with Crippen molar-refractivity contribution in [2.75, 3.05) is 25.6 Å². The van der Waals surface area contributed by atoms with Crippen LogP contribution in [0.15, 0.2) is 18.2 Å². The molecule has 0 bridgehead atoms. The Bertz CT molecular complexity index is 366. The van der Waals surface area contributed by atoms with Crippen LogP contribution in [0.3, 0.4) is 0 Å². The maximum Gasteiger partial charge on any atom is 0.325 e. The van der Waals surface area contributed by atoms with Crippen molar-refractivity contribution in [3.63, 3.8) is 0 Å². The van der Waals surface area contributed by atoms with E-state index in [0.29, 0.717) is 5.02 Å². The quantitative estimate of drug-likeness (QED) is 0.742. The Morgan fingerprint density at radius 2 is 2.20 bits per heavy atom. The fourth-order valence-corrected chi connectivity index (χ4v) is 1.62. The Balaban J connectivity index is 2.82. The summed E-state index contributed by atoms with van der Waals surface area (Å²) in [4.78, 5) is 12.9. The van der Waals surface area contributed by atoms with E-state index in [1.165, 1.54) is 7.11 Å². The van der Waals surface area contributed by atoms with Crippen LogP contribution in [0.1, 0.15) is 5.56 Å². The molecule has 0 aliphatic rings. The van der Waals surface area contributed by atoms with Gasteiger partial charge in [-0.2, -0.15) is 0 Å². The first kappa shape index (κ1) is 11.9. The SMILES string of the molecule is COC(=O)CN(C)c1ccc(Cl)cc1C. The lowest BCUT2D eigenvalue weighted by Crippen LogP contribution is -2.26. The lowest BCUT2D eigenvalue weighted by atomic mass is 10.2. The average Bonchev–Trinajstić information content (AvgIpc) is 2.17. The molecular weight excluding hydrogens is 214 g/mol. The predicted octanol–water partition coefficient (Wildman–Crippen LogP) is 2.26. The Kier molecular flexibility index (Phi) is 3.97. The van der Waals surface area contributed by atoms with Gasteiger partial charge in [-0.25, -0.2) is 0 Å². The molecular formula is C11H14ClNO2. The van der Waals surface area contributed by atoms with Gasteiger partial charge in [0, 0.05) is 17.8 Å². The summed E-state index contributed by atoms with van der Waals surface area (Å²) < 4.78 is 4.60. The van der Waals surface area contributed by atoms with Crippen molar-refractivity contribution in [2.24, 2.45) is 0 Å². The number of rotatable bonds is 3. The Morgan fingerprint density at radius 1 is 1.53 bits per heavy atom. The zero-order valence-electron chi connectivity index (χ0n) is 9.08. The number of carbonyl (C=O) groups is 1. The summed E-state index contributed by atoms with van der Waals surface area (Å²) in [6.07, 6.45) is 0. The maximum absolute atomic E-state index is 11.1. The molecule has 0 unspecified atom stereocenters. The number of carbonyl (C=O) groups excluding carboxylic acids is 1. The first-order chi connectivity index (χ1) is 7.04. The van der Waals surface area contributed by atoms with Gasteiger partial charge >= 0.3 is 5.97 Å². The molecule has 0 aliphatic heterocycles. The number of hydrogen-bond acceptors (Lipinski definition) is 3. The third-order valence-electron chi connectivity index (χ3n) is 2.16. The Morgan fingerprint density at radius 3 is 2.73 bits per heavy atom. The summed E-state index contributed by atoms with van der Waals surface area (Å²) in [7, 11) is 3.22. The van der Waals surface area contributed by atoms with Gasteiger partial charge in [0.2, 0.25) is 0 Å². The van der Waals surface area contributed by atoms with E-state index in [9.17, 15) is 4.79 Å². The zero-order chi connectivity index (χ0) is 11.4. The van der Waals surface area contributed by atoms with Crippen LogP contribution in [0.4, 0.5) is 5.69 Å². The van der Waals surface area contributed by atoms with Crippen LogP contribution >= 0.6 is 11.6 Å². The molecule has 0 aromatic heterocycles. The molecule has 0 radical (unpaired) electrons. The number of benzene rings is 1. The molecule has 1 rings (SSSR count). The van der Waals surface area contributed by atoms with Crippen LogP contribution in [-0.4, -0.2) is 26.7 Å². The highest BCUT2D eigenvalue weighted by atomic mass is 35.5. The van der Waals surface area contributed by atoms with Crippen LogP contribution < -0.4 is 4.90 Å². The minimum Gasteiger partial charge on any atom is -0.468 e. The van der Waals surface area contributed by atoms with Crippen LogP contribution in [0.5, 0.6) is 0 Å². The molecule has 0 fully saturated rings. The highest BCUT2D eigenvalue weighted by Crippen LogP contribution is 2.22. The van der Waals surface area contributed by atoms with Gasteiger partial charge in [-0.15, -0.1) is 0 Å². The number of hydrogen-bond donors (Lipinski definition) is 0. The third kappa shape index (κ3) is 3.13. The van der Waals surface area contributed by atoms with Gasteiger partial charge in [0.1, 0.15) is 6.54 Å². The average molecular weight is 228 g/mol. The van der Waals surface area contributed by atoms with Crippen LogP contribution in [-0.2, 0) is 9.53 Å². The van der Waals surface area contributed by atoms with Gasteiger partial charge in [-0.05, 0) is 30.7 Å². The molecule has 3 nitrogen and oxygen atoms in total. The van der Waals surface area contributed by atoms with Gasteiger partial charge in [0.15, 0.2) is 0 Å². The van der Waals surface area contributed by atoms with Gasteiger partial charge in [-0.3, -0.25) is 4.79 Å². The minimum atomic E-state index is -0.258. The normalized spacial score (nSPS) is 9.87. The summed E-state index contributed by atoms with van der Waals surface area (Å²) in [6.45, 7) is 2.19. The van der Waals surface area contributed by atoms with E-state index in [-0.39, 0.29) is 12.5 Å². The van der Waals surface area contributed by atoms with Crippen molar-refractivity contribution in [1.82, 2.24) is 0 Å². The molecule has 1 aromatic rings. The molecule has 15 heavy (non-hydrogen) atoms. The van der Waals surface area contributed by atoms with E-state index in [2.05, 4.69) is 4.74 Å². The van der Waals surface area contributed by atoms with E-state index in [1.807, 2.05) is 31.0 Å². The van der Waals surface area contributed by atoms with E-state index < -0.39 is 0 Å². The standard InChI is InChI=1S/C11H14ClNO2/c1-8-6-9(12)4-5-10(8)13(2)7-11(14)15-3/h4-6H,7H2,1-3H3. The first-order valence-corrected chi connectivity index (χ1v) is 4.96. The van der Waals surface area contributed by atoms with Crippen molar-refractivity contribution < 1.29 is 9.53 Å². The lowest BCUT2D eigenvalue weighted by molar-refractivity contribution is -0.138. The van der Waals surface area contributed by atoms with E-state index in [0.717, 1.165) is 11.3 Å². The molecule has 0 amide bonds. The summed E-state index contributed by atoms with van der Waals surface area (Å²) in [5.41, 5.74) is 2.01. The Labute approximate surface area is 94.6 Å². The monoisotopic (exact) mass is 227 g/mol. The lowest BCUT2D eigenvalue weighted by Gasteiger charge is -2.19.